The fraction of sp³-hybridized carbons (Fsp3) is 0.143. The summed E-state index contributed by atoms with van der Waals surface area (Å²) in [5.74, 6) is 0.0426. The molecule has 0 atom stereocenters. The number of nitrogens with one attached hydrogen (secondary N) is 1. The van der Waals surface area contributed by atoms with Gasteiger partial charge in [0.05, 0.1) is 5.39 Å². The molecule has 29 heavy (non-hydrogen) atoms. The molecule has 0 aliphatic carbocycles. The number of benzene rings is 1. The van der Waals surface area contributed by atoms with E-state index in [2.05, 4.69) is 10.3 Å². The second kappa shape index (κ2) is 7.73. The molecule has 1 aromatic carbocycles. The van der Waals surface area contributed by atoms with Crippen molar-refractivity contribution in [2.45, 2.75) is 20.4 Å². The topological polar surface area (TPSA) is 81.1 Å². The van der Waals surface area contributed by atoms with E-state index in [-0.39, 0.29) is 23.8 Å². The number of hydrogen-bond donors (Lipinski definition) is 1. The number of rotatable bonds is 5. The first-order valence-electron chi connectivity index (χ1n) is 8.87. The number of thiophene rings is 2. The smallest absolute Gasteiger partial charge is 0.263 e. The maximum Gasteiger partial charge on any atom is 0.263 e. The molecule has 0 spiro atoms. The lowest BCUT2D eigenvalue weighted by atomic mass is 10.1. The molecule has 0 bridgehead atoms. The van der Waals surface area contributed by atoms with E-state index in [0.717, 1.165) is 10.4 Å². The van der Waals surface area contributed by atoms with Crippen molar-refractivity contribution in [3.05, 3.63) is 68.9 Å². The second-order valence-electron chi connectivity index (χ2n) is 6.54. The summed E-state index contributed by atoms with van der Waals surface area (Å²) in [7, 11) is 0. The average Bonchev–Trinajstić information content (AvgIpc) is 3.34. The fourth-order valence-electron chi connectivity index (χ4n) is 3.09. The minimum atomic E-state index is -0.357. The third-order valence-corrected chi connectivity index (χ3v) is 6.30. The van der Waals surface area contributed by atoms with E-state index in [1.54, 1.807) is 42.5 Å². The van der Waals surface area contributed by atoms with Gasteiger partial charge in [-0.25, -0.2) is 4.98 Å². The monoisotopic (exact) mass is 423 g/mol. The first-order chi connectivity index (χ1) is 13.9. The van der Waals surface area contributed by atoms with Gasteiger partial charge in [0.1, 0.15) is 17.2 Å². The molecule has 8 heteroatoms. The number of fused-ring (bicyclic) bond motifs is 1. The Hall–Kier alpha value is -3.10. The van der Waals surface area contributed by atoms with Crippen LogP contribution in [0.4, 0.5) is 5.69 Å². The molecule has 0 aliphatic heterocycles. The number of ketones is 1. The molecule has 4 rings (SSSR count). The fourth-order valence-corrected chi connectivity index (χ4v) is 4.88. The van der Waals surface area contributed by atoms with Crippen molar-refractivity contribution in [1.29, 1.82) is 0 Å². The number of anilines is 1. The highest BCUT2D eigenvalue weighted by molar-refractivity contribution is 7.18. The van der Waals surface area contributed by atoms with Gasteiger partial charge >= 0.3 is 0 Å². The summed E-state index contributed by atoms with van der Waals surface area (Å²) in [6.45, 7) is 3.03. The minimum Gasteiger partial charge on any atom is -0.325 e. The van der Waals surface area contributed by atoms with Gasteiger partial charge in [0.15, 0.2) is 5.78 Å². The lowest BCUT2D eigenvalue weighted by Crippen LogP contribution is -2.30. The zero-order valence-electron chi connectivity index (χ0n) is 15.8. The molecule has 3 aromatic heterocycles. The first kappa shape index (κ1) is 19.2. The van der Waals surface area contributed by atoms with Crippen LogP contribution in [0.5, 0.6) is 0 Å². The lowest BCUT2D eigenvalue weighted by Gasteiger charge is -2.11. The van der Waals surface area contributed by atoms with Crippen molar-refractivity contribution in [3.8, 4) is 10.4 Å². The number of hydrogen-bond acceptors (Lipinski definition) is 6. The third-order valence-electron chi connectivity index (χ3n) is 4.53. The number of aryl methyl sites for hydroxylation is 1. The molecule has 6 nitrogen and oxygen atoms in total. The van der Waals surface area contributed by atoms with E-state index in [1.165, 1.54) is 22.8 Å². The van der Waals surface area contributed by atoms with Gasteiger partial charge in [-0.2, -0.15) is 0 Å². The highest BCUT2D eigenvalue weighted by Crippen LogP contribution is 2.33. The van der Waals surface area contributed by atoms with Crippen molar-refractivity contribution in [2.24, 2.45) is 0 Å². The van der Waals surface area contributed by atoms with E-state index in [1.807, 2.05) is 22.9 Å². The lowest BCUT2D eigenvalue weighted by molar-refractivity contribution is -0.116. The Morgan fingerprint density at radius 3 is 2.72 bits per heavy atom. The summed E-state index contributed by atoms with van der Waals surface area (Å²) in [4.78, 5) is 43.5. The first-order valence-corrected chi connectivity index (χ1v) is 10.6. The molecule has 0 fully saturated rings. The summed E-state index contributed by atoms with van der Waals surface area (Å²) in [5.41, 5.74) is 1.64. The highest BCUT2D eigenvalue weighted by Gasteiger charge is 2.17. The Bertz CT molecular complexity index is 1290. The van der Waals surface area contributed by atoms with Gasteiger partial charge in [0, 0.05) is 27.1 Å². The summed E-state index contributed by atoms with van der Waals surface area (Å²) in [6.07, 6.45) is 0. The van der Waals surface area contributed by atoms with Gasteiger partial charge in [-0.3, -0.25) is 19.0 Å². The average molecular weight is 424 g/mol. The molecule has 146 valence electrons. The van der Waals surface area contributed by atoms with E-state index in [0.29, 0.717) is 27.3 Å². The van der Waals surface area contributed by atoms with Crippen LogP contribution in [0.3, 0.4) is 0 Å². The van der Waals surface area contributed by atoms with E-state index in [9.17, 15) is 14.4 Å². The Balaban J connectivity index is 1.66. The van der Waals surface area contributed by atoms with E-state index >= 15 is 0 Å². The number of aromatic nitrogens is 2. The Labute approximate surface area is 174 Å². The normalized spacial score (nSPS) is 11.0. The van der Waals surface area contributed by atoms with Gasteiger partial charge in [-0.05, 0) is 37.4 Å². The Morgan fingerprint density at radius 2 is 2.00 bits per heavy atom. The van der Waals surface area contributed by atoms with Crippen LogP contribution < -0.4 is 10.9 Å². The molecular weight excluding hydrogens is 406 g/mol. The number of nitrogens with zero attached hydrogens (tertiary/aromatic N) is 2. The Kier molecular flexibility index (Phi) is 5.12. The van der Waals surface area contributed by atoms with Crippen LogP contribution in [0.1, 0.15) is 23.1 Å². The molecule has 1 N–H and O–H groups in total. The quantitative estimate of drug-likeness (QED) is 0.484. The predicted octanol–water partition coefficient (Wildman–Crippen LogP) is 4.34. The standard InChI is InChI=1S/C21H17N3O3S2/c1-12(25)14-5-3-6-15(9-14)23-18(26)10-24-13(2)22-20-19(21(24)27)16(11-29-20)17-7-4-8-28-17/h3-9,11H,10H2,1-2H3,(H,23,26). The molecular formula is C21H17N3O3S2. The van der Waals surface area contributed by atoms with Crippen molar-refractivity contribution >= 4 is 50.3 Å². The molecule has 3 heterocycles. The van der Waals surface area contributed by atoms with Gasteiger partial charge in [0.2, 0.25) is 5.91 Å². The van der Waals surface area contributed by atoms with Crippen LogP contribution in [-0.4, -0.2) is 21.2 Å². The summed E-state index contributed by atoms with van der Waals surface area (Å²) >= 11 is 2.98. The highest BCUT2D eigenvalue weighted by atomic mass is 32.1. The summed E-state index contributed by atoms with van der Waals surface area (Å²) < 4.78 is 1.39. The molecule has 0 unspecified atom stereocenters. The second-order valence-corrected chi connectivity index (χ2v) is 8.35. The zero-order valence-corrected chi connectivity index (χ0v) is 17.4. The molecule has 0 saturated carbocycles. The predicted molar refractivity (Wildman–Crippen MR) is 117 cm³/mol. The SMILES string of the molecule is CC(=O)c1cccc(NC(=O)Cn2c(C)nc3scc(-c4cccs4)c3c2=O)c1. The zero-order chi connectivity index (χ0) is 20.5. The van der Waals surface area contributed by atoms with E-state index in [4.69, 9.17) is 0 Å². The number of amides is 1. The molecule has 4 aromatic rings. The van der Waals surface area contributed by atoms with Crippen LogP contribution in [0.15, 0.2) is 52.0 Å². The van der Waals surface area contributed by atoms with Crippen molar-refractivity contribution < 1.29 is 9.59 Å². The van der Waals surface area contributed by atoms with Gasteiger partial charge < -0.3 is 5.32 Å². The van der Waals surface area contributed by atoms with Crippen LogP contribution in [-0.2, 0) is 11.3 Å². The largest absolute Gasteiger partial charge is 0.325 e. The van der Waals surface area contributed by atoms with E-state index < -0.39 is 0 Å². The Morgan fingerprint density at radius 1 is 1.17 bits per heavy atom. The molecule has 1 amide bonds. The maximum atomic E-state index is 13.2. The number of carbonyl (C=O) groups is 2. The molecule has 0 saturated heterocycles. The van der Waals surface area contributed by atoms with Crippen LogP contribution in [0, 0.1) is 6.92 Å². The van der Waals surface area contributed by atoms with Crippen molar-refractivity contribution in [1.82, 2.24) is 9.55 Å². The number of Topliss-reactive ketones (excluding diaryl/α,β-unsaturated/α-hetero) is 1. The van der Waals surface area contributed by atoms with Gasteiger partial charge in [0.25, 0.3) is 5.56 Å². The summed E-state index contributed by atoms with van der Waals surface area (Å²) in [6, 6.07) is 10.6. The maximum absolute atomic E-state index is 13.2. The molecule has 0 radical (unpaired) electrons. The summed E-state index contributed by atoms with van der Waals surface area (Å²) in [5, 5.41) is 7.18. The number of carbonyl (C=O) groups excluding carboxylic acids is 2. The van der Waals surface area contributed by atoms with Crippen molar-refractivity contribution in [2.75, 3.05) is 5.32 Å². The van der Waals surface area contributed by atoms with Crippen LogP contribution >= 0.6 is 22.7 Å². The minimum absolute atomic E-state index is 0.0821. The van der Waals surface area contributed by atoms with Crippen molar-refractivity contribution in [3.63, 3.8) is 0 Å². The third kappa shape index (κ3) is 3.76. The van der Waals surface area contributed by atoms with Crippen LogP contribution in [0.2, 0.25) is 0 Å². The van der Waals surface area contributed by atoms with Gasteiger partial charge in [-0.1, -0.05) is 18.2 Å². The molecule has 0 aliphatic rings. The van der Waals surface area contributed by atoms with Crippen LogP contribution in [0.25, 0.3) is 20.7 Å². The van der Waals surface area contributed by atoms with Gasteiger partial charge in [-0.15, -0.1) is 22.7 Å².